The molecule has 7 heteroatoms. The van der Waals surface area contributed by atoms with Gasteiger partial charge in [-0.1, -0.05) is 42.5 Å². The second-order valence-corrected chi connectivity index (χ2v) is 10.2. The molecule has 0 spiro atoms. The van der Waals surface area contributed by atoms with Crippen LogP contribution in [0.4, 0.5) is 0 Å². The quantitative estimate of drug-likeness (QED) is 0.610. The first kappa shape index (κ1) is 22.3. The van der Waals surface area contributed by atoms with Crippen LogP contribution in [-0.4, -0.2) is 38.8 Å². The van der Waals surface area contributed by atoms with Crippen molar-refractivity contribution in [2.45, 2.75) is 30.7 Å². The fourth-order valence-electron chi connectivity index (χ4n) is 4.16. The van der Waals surface area contributed by atoms with Gasteiger partial charge in [-0.3, -0.25) is 4.79 Å². The number of nitrogens with one attached hydrogen (secondary N) is 1. The predicted octanol–water partition coefficient (Wildman–Crippen LogP) is 4.13. The van der Waals surface area contributed by atoms with Crippen LogP contribution in [0, 0.1) is 5.92 Å². The minimum absolute atomic E-state index is 0.119. The van der Waals surface area contributed by atoms with Crippen LogP contribution >= 0.6 is 0 Å². The Morgan fingerprint density at radius 2 is 1.78 bits per heavy atom. The maximum atomic E-state index is 13.3. The van der Waals surface area contributed by atoms with Gasteiger partial charge >= 0.3 is 0 Å². The average Bonchev–Trinajstić information content (AvgIpc) is 2.83. The molecule has 1 aliphatic rings. The van der Waals surface area contributed by atoms with Crippen molar-refractivity contribution in [2.75, 3.05) is 20.2 Å². The lowest BCUT2D eigenvalue weighted by atomic mass is 9.98. The lowest BCUT2D eigenvalue weighted by Crippen LogP contribution is -2.45. The molecule has 32 heavy (non-hydrogen) atoms. The summed E-state index contributed by atoms with van der Waals surface area (Å²) in [6, 6.07) is 20.2. The molecule has 168 valence electrons. The van der Waals surface area contributed by atoms with E-state index in [1.165, 1.54) is 4.31 Å². The van der Waals surface area contributed by atoms with Crippen LogP contribution in [0.3, 0.4) is 0 Å². The third kappa shape index (κ3) is 4.64. The van der Waals surface area contributed by atoms with Crippen molar-refractivity contribution in [3.63, 3.8) is 0 Å². The number of piperidine rings is 1. The van der Waals surface area contributed by atoms with E-state index in [0.29, 0.717) is 19.4 Å². The van der Waals surface area contributed by atoms with Crippen molar-refractivity contribution in [3.05, 3.63) is 72.3 Å². The Kier molecular flexibility index (Phi) is 6.48. The molecule has 0 unspecified atom stereocenters. The zero-order valence-corrected chi connectivity index (χ0v) is 19.1. The molecule has 0 bridgehead atoms. The fourth-order valence-corrected chi connectivity index (χ4v) is 5.72. The fraction of sp³-hybridized carbons (Fsp3) is 0.320. The van der Waals surface area contributed by atoms with E-state index in [1.807, 2.05) is 61.5 Å². The normalized spacial score (nSPS) is 18.2. The number of ether oxygens (including phenoxy) is 1. The number of carbonyl (C=O) groups is 1. The molecular weight excluding hydrogens is 424 g/mol. The molecule has 1 fully saturated rings. The highest BCUT2D eigenvalue weighted by Crippen LogP contribution is 2.27. The lowest BCUT2D eigenvalue weighted by Gasteiger charge is -2.32. The van der Waals surface area contributed by atoms with E-state index in [-0.39, 0.29) is 29.3 Å². The molecule has 4 rings (SSSR count). The summed E-state index contributed by atoms with van der Waals surface area (Å²) < 4.78 is 33.2. The summed E-state index contributed by atoms with van der Waals surface area (Å²) in [7, 11) is -2.06. The molecule has 2 atom stereocenters. The Hall–Kier alpha value is -2.90. The van der Waals surface area contributed by atoms with Crippen molar-refractivity contribution in [1.82, 2.24) is 9.62 Å². The number of nitrogens with zero attached hydrogens (tertiary/aromatic N) is 1. The monoisotopic (exact) mass is 452 g/mol. The number of hydrogen-bond acceptors (Lipinski definition) is 4. The van der Waals surface area contributed by atoms with Crippen molar-refractivity contribution in [1.29, 1.82) is 0 Å². The molecule has 1 amide bonds. The standard InChI is InChI=1S/C25H28N2O4S/c1-18(19-9-12-23(31-2)13-10-19)26-25(28)22-8-5-15-27(17-22)32(29,30)24-14-11-20-6-3-4-7-21(20)16-24/h3-4,6-7,9-14,16,18,22H,5,8,15,17H2,1-2H3,(H,26,28)/t18-,22-/m0/s1. The number of sulfonamides is 1. The van der Waals surface area contributed by atoms with Gasteiger partial charge in [-0.15, -0.1) is 0 Å². The first-order valence-electron chi connectivity index (χ1n) is 10.8. The van der Waals surface area contributed by atoms with Gasteiger partial charge in [0.15, 0.2) is 0 Å². The molecule has 0 radical (unpaired) electrons. The molecule has 1 heterocycles. The van der Waals surface area contributed by atoms with Gasteiger partial charge in [0.2, 0.25) is 15.9 Å². The van der Waals surface area contributed by atoms with Crippen molar-refractivity contribution < 1.29 is 17.9 Å². The summed E-state index contributed by atoms with van der Waals surface area (Å²) in [5, 5.41) is 4.92. The maximum Gasteiger partial charge on any atom is 0.243 e. The molecule has 3 aromatic carbocycles. The molecule has 0 aromatic heterocycles. The highest BCUT2D eigenvalue weighted by Gasteiger charge is 2.33. The third-order valence-electron chi connectivity index (χ3n) is 6.09. The van der Waals surface area contributed by atoms with E-state index < -0.39 is 10.0 Å². The number of methoxy groups -OCH3 is 1. The van der Waals surface area contributed by atoms with E-state index in [9.17, 15) is 13.2 Å². The molecule has 0 saturated carbocycles. The van der Waals surface area contributed by atoms with Crippen LogP contribution < -0.4 is 10.1 Å². The predicted molar refractivity (Wildman–Crippen MR) is 125 cm³/mol. The van der Waals surface area contributed by atoms with Crippen LogP contribution in [-0.2, 0) is 14.8 Å². The van der Waals surface area contributed by atoms with Gasteiger partial charge in [0.1, 0.15) is 5.75 Å². The van der Waals surface area contributed by atoms with E-state index in [1.54, 1.807) is 19.2 Å². The Bertz CT molecular complexity index is 1210. The number of benzene rings is 3. The van der Waals surface area contributed by atoms with Gasteiger partial charge in [-0.2, -0.15) is 4.31 Å². The minimum Gasteiger partial charge on any atom is -0.497 e. The number of rotatable bonds is 6. The highest BCUT2D eigenvalue weighted by molar-refractivity contribution is 7.89. The van der Waals surface area contributed by atoms with Gasteiger partial charge in [0, 0.05) is 13.1 Å². The van der Waals surface area contributed by atoms with Crippen LogP contribution in [0.25, 0.3) is 10.8 Å². The van der Waals surface area contributed by atoms with Crippen LogP contribution in [0.1, 0.15) is 31.4 Å². The zero-order chi connectivity index (χ0) is 22.7. The second-order valence-electron chi connectivity index (χ2n) is 8.21. The summed E-state index contributed by atoms with van der Waals surface area (Å²) >= 11 is 0. The van der Waals surface area contributed by atoms with Gasteiger partial charge < -0.3 is 10.1 Å². The third-order valence-corrected chi connectivity index (χ3v) is 7.95. The van der Waals surface area contributed by atoms with Crippen molar-refractivity contribution >= 4 is 26.7 Å². The van der Waals surface area contributed by atoms with Crippen LogP contribution in [0.2, 0.25) is 0 Å². The number of carbonyl (C=O) groups excluding carboxylic acids is 1. The average molecular weight is 453 g/mol. The van der Waals surface area contributed by atoms with E-state index >= 15 is 0 Å². The van der Waals surface area contributed by atoms with Gasteiger partial charge in [-0.05, 0) is 60.4 Å². The molecular formula is C25H28N2O4S. The van der Waals surface area contributed by atoms with Crippen molar-refractivity contribution in [3.8, 4) is 5.75 Å². The van der Waals surface area contributed by atoms with Crippen LogP contribution in [0.15, 0.2) is 71.6 Å². The van der Waals surface area contributed by atoms with Gasteiger partial charge in [0.25, 0.3) is 0 Å². The molecule has 1 N–H and O–H groups in total. The first-order chi connectivity index (χ1) is 15.4. The molecule has 1 saturated heterocycles. The minimum atomic E-state index is -3.67. The van der Waals surface area contributed by atoms with E-state index in [2.05, 4.69) is 5.32 Å². The highest BCUT2D eigenvalue weighted by atomic mass is 32.2. The Balaban J connectivity index is 1.46. The number of fused-ring (bicyclic) bond motifs is 1. The largest absolute Gasteiger partial charge is 0.497 e. The van der Waals surface area contributed by atoms with E-state index in [4.69, 9.17) is 4.74 Å². The SMILES string of the molecule is COc1ccc([C@H](C)NC(=O)[C@H]2CCCN(S(=O)(=O)c3ccc4ccccc4c3)C2)cc1. The molecule has 0 aliphatic carbocycles. The Morgan fingerprint density at radius 3 is 2.50 bits per heavy atom. The topological polar surface area (TPSA) is 75.7 Å². The summed E-state index contributed by atoms with van der Waals surface area (Å²) in [6.07, 6.45) is 1.33. The van der Waals surface area contributed by atoms with Crippen LogP contribution in [0.5, 0.6) is 5.75 Å². The van der Waals surface area contributed by atoms with Crippen molar-refractivity contribution in [2.24, 2.45) is 5.92 Å². The Labute approximate surface area is 189 Å². The molecule has 6 nitrogen and oxygen atoms in total. The number of hydrogen-bond donors (Lipinski definition) is 1. The number of amides is 1. The molecule has 3 aromatic rings. The summed E-state index contributed by atoms with van der Waals surface area (Å²) in [4.78, 5) is 13.2. The maximum absolute atomic E-state index is 13.3. The second kappa shape index (κ2) is 9.30. The lowest BCUT2D eigenvalue weighted by molar-refractivity contribution is -0.126. The van der Waals surface area contributed by atoms with E-state index in [0.717, 1.165) is 22.1 Å². The smallest absolute Gasteiger partial charge is 0.243 e. The summed E-state index contributed by atoms with van der Waals surface area (Å²) in [5.74, 6) is 0.264. The summed E-state index contributed by atoms with van der Waals surface area (Å²) in [5.41, 5.74) is 0.968. The van der Waals surface area contributed by atoms with Gasteiger partial charge in [0.05, 0.1) is 24.0 Å². The Morgan fingerprint density at radius 1 is 1.06 bits per heavy atom. The zero-order valence-electron chi connectivity index (χ0n) is 18.3. The summed E-state index contributed by atoms with van der Waals surface area (Å²) in [6.45, 7) is 2.54. The first-order valence-corrected chi connectivity index (χ1v) is 12.3. The molecule has 1 aliphatic heterocycles. The van der Waals surface area contributed by atoms with Gasteiger partial charge in [-0.25, -0.2) is 8.42 Å².